The molecule has 0 N–H and O–H groups in total. The lowest BCUT2D eigenvalue weighted by Crippen LogP contribution is -2.01. The van der Waals surface area contributed by atoms with E-state index in [1.165, 1.54) is 17.5 Å². The second-order valence-electron chi connectivity index (χ2n) is 5.02. The fraction of sp³-hybridized carbons (Fsp3) is 0.176. The van der Waals surface area contributed by atoms with Gasteiger partial charge in [0, 0.05) is 0 Å². The Bertz CT molecular complexity index is 708. The molecule has 0 unspecified atom stereocenters. The molecule has 0 amide bonds. The number of ether oxygens (including phenoxy) is 1. The highest BCUT2D eigenvalue weighted by Crippen LogP contribution is 2.16. The molecule has 1 heterocycles. The zero-order valence-electron chi connectivity index (χ0n) is 11.9. The van der Waals surface area contributed by atoms with Gasteiger partial charge in [0.2, 0.25) is 0 Å². The van der Waals surface area contributed by atoms with Gasteiger partial charge >= 0.3 is 0 Å². The van der Waals surface area contributed by atoms with Crippen molar-refractivity contribution in [1.29, 1.82) is 0 Å². The van der Waals surface area contributed by atoms with Gasteiger partial charge in [-0.15, -0.1) is 0 Å². The molecule has 21 heavy (non-hydrogen) atoms. The summed E-state index contributed by atoms with van der Waals surface area (Å²) < 4.78 is 7.65. The van der Waals surface area contributed by atoms with E-state index in [1.807, 2.05) is 18.2 Å². The minimum atomic E-state index is 0.578. The first-order valence-electron chi connectivity index (χ1n) is 6.89. The number of aryl methyl sites for hydroxylation is 1. The summed E-state index contributed by atoms with van der Waals surface area (Å²) >= 11 is 0. The van der Waals surface area contributed by atoms with Gasteiger partial charge in [0.1, 0.15) is 25.0 Å². The number of hydrogen-bond donors (Lipinski definition) is 0. The van der Waals surface area contributed by atoms with E-state index < -0.39 is 0 Å². The van der Waals surface area contributed by atoms with Gasteiger partial charge in [-0.05, 0) is 30.2 Å². The van der Waals surface area contributed by atoms with Crippen LogP contribution in [0, 0.1) is 6.92 Å². The summed E-state index contributed by atoms with van der Waals surface area (Å²) in [5, 5.41) is 4.11. The van der Waals surface area contributed by atoms with E-state index in [0.717, 1.165) is 11.3 Å². The Labute approximate surface area is 124 Å². The summed E-state index contributed by atoms with van der Waals surface area (Å²) in [5.41, 5.74) is 3.56. The average Bonchev–Trinajstić information content (AvgIpc) is 2.99. The summed E-state index contributed by atoms with van der Waals surface area (Å²) in [6.45, 7) is 3.36. The third-order valence-electron chi connectivity index (χ3n) is 3.20. The van der Waals surface area contributed by atoms with Crippen molar-refractivity contribution >= 4 is 0 Å². The van der Waals surface area contributed by atoms with Crippen molar-refractivity contribution in [1.82, 2.24) is 14.8 Å². The van der Waals surface area contributed by atoms with Gasteiger partial charge in [-0.25, -0.2) is 9.67 Å². The van der Waals surface area contributed by atoms with E-state index in [2.05, 4.69) is 47.3 Å². The second-order valence-corrected chi connectivity index (χ2v) is 5.02. The van der Waals surface area contributed by atoms with Crippen molar-refractivity contribution in [3.63, 3.8) is 0 Å². The van der Waals surface area contributed by atoms with Crippen LogP contribution in [0.15, 0.2) is 61.2 Å². The molecular formula is C17H17N3O. The van der Waals surface area contributed by atoms with Gasteiger partial charge in [0.15, 0.2) is 0 Å². The van der Waals surface area contributed by atoms with E-state index in [9.17, 15) is 0 Å². The normalized spacial score (nSPS) is 10.5. The predicted octanol–water partition coefficient (Wildman–Crippen LogP) is 3.21. The lowest BCUT2D eigenvalue weighted by atomic mass is 10.1. The highest BCUT2D eigenvalue weighted by molar-refractivity contribution is 5.29. The SMILES string of the molecule is Cc1cccc(COc2cccc(Cn3cncn3)c2)c1. The van der Waals surface area contributed by atoms with Crippen molar-refractivity contribution in [3.8, 4) is 5.75 Å². The van der Waals surface area contributed by atoms with E-state index in [1.54, 1.807) is 11.0 Å². The molecule has 0 radical (unpaired) electrons. The first-order valence-corrected chi connectivity index (χ1v) is 6.89. The van der Waals surface area contributed by atoms with Gasteiger partial charge in [-0.1, -0.05) is 42.0 Å². The average molecular weight is 279 g/mol. The fourth-order valence-electron chi connectivity index (χ4n) is 2.20. The first-order chi connectivity index (χ1) is 10.3. The minimum Gasteiger partial charge on any atom is -0.489 e. The van der Waals surface area contributed by atoms with Crippen molar-refractivity contribution in [3.05, 3.63) is 77.9 Å². The summed E-state index contributed by atoms with van der Waals surface area (Å²) in [6.07, 6.45) is 3.25. The number of nitrogens with zero attached hydrogens (tertiary/aromatic N) is 3. The Morgan fingerprint density at radius 3 is 2.71 bits per heavy atom. The largest absolute Gasteiger partial charge is 0.489 e. The molecule has 3 aromatic rings. The molecule has 0 bridgehead atoms. The molecular weight excluding hydrogens is 262 g/mol. The molecule has 4 nitrogen and oxygen atoms in total. The lowest BCUT2D eigenvalue weighted by molar-refractivity contribution is 0.306. The van der Waals surface area contributed by atoms with Gasteiger partial charge in [0.25, 0.3) is 0 Å². The van der Waals surface area contributed by atoms with E-state index in [-0.39, 0.29) is 0 Å². The molecule has 0 aliphatic heterocycles. The Morgan fingerprint density at radius 1 is 1.05 bits per heavy atom. The van der Waals surface area contributed by atoms with Crippen LogP contribution in [0.5, 0.6) is 5.75 Å². The van der Waals surface area contributed by atoms with Crippen LogP contribution in [0.1, 0.15) is 16.7 Å². The molecule has 0 fully saturated rings. The van der Waals surface area contributed by atoms with E-state index >= 15 is 0 Å². The first kappa shape index (κ1) is 13.4. The quantitative estimate of drug-likeness (QED) is 0.720. The molecule has 0 saturated carbocycles. The molecule has 0 aliphatic carbocycles. The van der Waals surface area contributed by atoms with E-state index in [0.29, 0.717) is 13.2 Å². The monoisotopic (exact) mass is 279 g/mol. The Hall–Kier alpha value is -2.62. The van der Waals surface area contributed by atoms with Gasteiger partial charge in [0.05, 0.1) is 6.54 Å². The Kier molecular flexibility index (Phi) is 3.96. The molecule has 0 saturated heterocycles. The van der Waals surface area contributed by atoms with Crippen LogP contribution in [0.25, 0.3) is 0 Å². The predicted molar refractivity (Wildman–Crippen MR) is 81.1 cm³/mol. The third kappa shape index (κ3) is 3.69. The zero-order valence-corrected chi connectivity index (χ0v) is 11.9. The third-order valence-corrected chi connectivity index (χ3v) is 3.20. The van der Waals surface area contributed by atoms with Crippen LogP contribution in [-0.4, -0.2) is 14.8 Å². The van der Waals surface area contributed by atoms with Crippen LogP contribution < -0.4 is 4.74 Å². The highest BCUT2D eigenvalue weighted by Gasteiger charge is 2.00. The van der Waals surface area contributed by atoms with Gasteiger partial charge in [-0.2, -0.15) is 5.10 Å². The zero-order chi connectivity index (χ0) is 14.5. The van der Waals surface area contributed by atoms with Crippen molar-refractivity contribution in [2.45, 2.75) is 20.1 Å². The minimum absolute atomic E-state index is 0.578. The molecule has 0 spiro atoms. The van der Waals surface area contributed by atoms with Crippen LogP contribution in [-0.2, 0) is 13.2 Å². The topological polar surface area (TPSA) is 39.9 Å². The summed E-state index contributed by atoms with van der Waals surface area (Å²) in [4.78, 5) is 3.95. The van der Waals surface area contributed by atoms with E-state index in [4.69, 9.17) is 4.74 Å². The maximum atomic E-state index is 5.86. The van der Waals surface area contributed by atoms with Crippen LogP contribution in [0.3, 0.4) is 0 Å². The van der Waals surface area contributed by atoms with Crippen molar-refractivity contribution in [2.75, 3.05) is 0 Å². The molecule has 1 aromatic heterocycles. The number of hydrogen-bond acceptors (Lipinski definition) is 3. The molecule has 4 heteroatoms. The van der Waals surface area contributed by atoms with Gasteiger partial charge < -0.3 is 4.74 Å². The number of rotatable bonds is 5. The smallest absolute Gasteiger partial charge is 0.137 e. The van der Waals surface area contributed by atoms with Crippen LogP contribution >= 0.6 is 0 Å². The standard InChI is InChI=1S/C17H17N3O/c1-14-4-2-6-16(8-14)11-21-17-7-3-5-15(9-17)10-20-13-18-12-19-20/h2-9,12-13H,10-11H2,1H3. The summed E-state index contributed by atoms with van der Waals surface area (Å²) in [6, 6.07) is 16.4. The maximum absolute atomic E-state index is 5.86. The Balaban J connectivity index is 1.66. The molecule has 0 atom stereocenters. The van der Waals surface area contributed by atoms with Crippen LogP contribution in [0.4, 0.5) is 0 Å². The molecule has 0 aliphatic rings. The molecule has 2 aromatic carbocycles. The Morgan fingerprint density at radius 2 is 1.90 bits per heavy atom. The lowest BCUT2D eigenvalue weighted by Gasteiger charge is -2.09. The van der Waals surface area contributed by atoms with Crippen molar-refractivity contribution < 1.29 is 4.74 Å². The van der Waals surface area contributed by atoms with Crippen LogP contribution in [0.2, 0.25) is 0 Å². The summed E-state index contributed by atoms with van der Waals surface area (Å²) in [5.74, 6) is 0.870. The molecule has 106 valence electrons. The summed E-state index contributed by atoms with van der Waals surface area (Å²) in [7, 11) is 0. The second kappa shape index (κ2) is 6.22. The highest BCUT2D eigenvalue weighted by atomic mass is 16.5. The van der Waals surface area contributed by atoms with Crippen molar-refractivity contribution in [2.24, 2.45) is 0 Å². The number of aromatic nitrogens is 3. The molecule has 3 rings (SSSR count). The number of benzene rings is 2. The maximum Gasteiger partial charge on any atom is 0.137 e. The van der Waals surface area contributed by atoms with Gasteiger partial charge in [-0.3, -0.25) is 0 Å². The fourth-order valence-corrected chi connectivity index (χ4v) is 2.20.